The van der Waals surface area contributed by atoms with Gasteiger partial charge in [0.15, 0.2) is 0 Å². The summed E-state index contributed by atoms with van der Waals surface area (Å²) in [5.74, 6) is 0.468. The van der Waals surface area contributed by atoms with Gasteiger partial charge in [0.05, 0.1) is 25.9 Å². The summed E-state index contributed by atoms with van der Waals surface area (Å²) in [7, 11) is 1.35. The van der Waals surface area contributed by atoms with Gasteiger partial charge < -0.3 is 14.2 Å². The van der Waals surface area contributed by atoms with Crippen LogP contribution >= 0.6 is 0 Å². The molecule has 126 valence electrons. The summed E-state index contributed by atoms with van der Waals surface area (Å²) in [6.07, 6.45) is 3.88. The normalized spacial score (nSPS) is 11.4. The minimum Gasteiger partial charge on any atom is -0.494 e. The smallest absolute Gasteiger partial charge is 0.337 e. The molecule has 0 saturated carbocycles. The van der Waals surface area contributed by atoms with Gasteiger partial charge in [-0.25, -0.2) is 9.59 Å². The Morgan fingerprint density at radius 3 is 2.48 bits per heavy atom. The van der Waals surface area contributed by atoms with Gasteiger partial charge >= 0.3 is 11.9 Å². The monoisotopic (exact) mass is 320 g/mol. The van der Waals surface area contributed by atoms with E-state index >= 15 is 0 Å². The molecule has 5 nitrogen and oxygen atoms in total. The standard InChI is InChI=1S/C18H24O5/c1-4-17(19)23-12-5-6-14(2)11-13-22-16-9-7-15(8-10-16)18(20)21-3/h4,7-10,14H,1,5-6,11-13H2,2-3H3. The summed E-state index contributed by atoms with van der Waals surface area (Å²) in [5.41, 5.74) is 0.502. The maximum absolute atomic E-state index is 11.3. The zero-order valence-electron chi connectivity index (χ0n) is 13.7. The molecule has 1 rings (SSSR count). The fourth-order valence-corrected chi connectivity index (χ4v) is 1.99. The quantitative estimate of drug-likeness (QED) is 0.376. The highest BCUT2D eigenvalue weighted by Crippen LogP contribution is 2.15. The van der Waals surface area contributed by atoms with Crippen molar-refractivity contribution in [3.63, 3.8) is 0 Å². The summed E-state index contributed by atoms with van der Waals surface area (Å²) in [5, 5.41) is 0. The second-order valence-corrected chi connectivity index (χ2v) is 5.27. The van der Waals surface area contributed by atoms with Crippen molar-refractivity contribution in [3.05, 3.63) is 42.5 Å². The van der Waals surface area contributed by atoms with Crippen molar-refractivity contribution in [1.29, 1.82) is 0 Å². The van der Waals surface area contributed by atoms with E-state index in [9.17, 15) is 9.59 Å². The Labute approximate surface area is 137 Å². The Morgan fingerprint density at radius 1 is 1.17 bits per heavy atom. The van der Waals surface area contributed by atoms with E-state index in [-0.39, 0.29) is 11.9 Å². The van der Waals surface area contributed by atoms with Gasteiger partial charge in [-0.15, -0.1) is 0 Å². The van der Waals surface area contributed by atoms with Crippen LogP contribution in [-0.4, -0.2) is 32.3 Å². The summed E-state index contributed by atoms with van der Waals surface area (Å²) in [6.45, 7) is 6.51. The first-order valence-electron chi connectivity index (χ1n) is 7.67. The number of hydrogen-bond donors (Lipinski definition) is 0. The molecule has 5 heteroatoms. The molecule has 0 bridgehead atoms. The minimum absolute atomic E-state index is 0.359. The van der Waals surface area contributed by atoms with Gasteiger partial charge in [-0.1, -0.05) is 13.5 Å². The molecule has 1 aromatic rings. The Bertz CT molecular complexity index is 507. The lowest BCUT2D eigenvalue weighted by atomic mass is 10.0. The lowest BCUT2D eigenvalue weighted by Gasteiger charge is -2.12. The van der Waals surface area contributed by atoms with Crippen LogP contribution in [0.3, 0.4) is 0 Å². The first kappa shape index (κ1) is 18.7. The van der Waals surface area contributed by atoms with E-state index in [1.54, 1.807) is 24.3 Å². The Morgan fingerprint density at radius 2 is 1.87 bits per heavy atom. The molecule has 0 amide bonds. The summed E-state index contributed by atoms with van der Waals surface area (Å²) < 4.78 is 15.2. The predicted octanol–water partition coefficient (Wildman–Crippen LogP) is 3.39. The second-order valence-electron chi connectivity index (χ2n) is 5.27. The van der Waals surface area contributed by atoms with Gasteiger partial charge in [-0.2, -0.15) is 0 Å². The molecule has 0 aromatic heterocycles. The van der Waals surface area contributed by atoms with E-state index in [4.69, 9.17) is 9.47 Å². The van der Waals surface area contributed by atoms with Crippen LogP contribution in [0.2, 0.25) is 0 Å². The molecular weight excluding hydrogens is 296 g/mol. The highest BCUT2D eigenvalue weighted by Gasteiger charge is 2.06. The highest BCUT2D eigenvalue weighted by atomic mass is 16.5. The van der Waals surface area contributed by atoms with Crippen molar-refractivity contribution in [1.82, 2.24) is 0 Å². The summed E-state index contributed by atoms with van der Waals surface area (Å²) in [4.78, 5) is 22.2. The molecular formula is C18H24O5. The molecule has 1 unspecified atom stereocenters. The number of esters is 2. The maximum atomic E-state index is 11.3. The van der Waals surface area contributed by atoms with Crippen LogP contribution in [0.15, 0.2) is 36.9 Å². The number of carbonyl (C=O) groups excluding carboxylic acids is 2. The Hall–Kier alpha value is -2.30. The third kappa shape index (κ3) is 7.49. The van der Waals surface area contributed by atoms with Crippen molar-refractivity contribution in [2.24, 2.45) is 5.92 Å². The zero-order valence-corrected chi connectivity index (χ0v) is 13.7. The average Bonchev–Trinajstić information content (AvgIpc) is 2.58. The van der Waals surface area contributed by atoms with Gasteiger partial charge in [-0.3, -0.25) is 0 Å². The number of benzene rings is 1. The first-order chi connectivity index (χ1) is 11.1. The molecule has 0 heterocycles. The van der Waals surface area contributed by atoms with Crippen molar-refractivity contribution in [3.8, 4) is 5.75 Å². The molecule has 0 radical (unpaired) electrons. The number of hydrogen-bond acceptors (Lipinski definition) is 5. The third-order valence-electron chi connectivity index (χ3n) is 3.41. The van der Waals surface area contributed by atoms with Gasteiger partial charge in [-0.05, 0) is 49.4 Å². The van der Waals surface area contributed by atoms with Crippen LogP contribution in [0.4, 0.5) is 0 Å². The van der Waals surface area contributed by atoms with Gasteiger partial charge in [0.1, 0.15) is 5.75 Å². The molecule has 0 saturated heterocycles. The molecule has 1 aromatic carbocycles. The lowest BCUT2D eigenvalue weighted by molar-refractivity contribution is -0.137. The van der Waals surface area contributed by atoms with Crippen LogP contribution in [0, 0.1) is 5.92 Å². The van der Waals surface area contributed by atoms with E-state index in [0.29, 0.717) is 24.7 Å². The van der Waals surface area contributed by atoms with Crippen molar-refractivity contribution < 1.29 is 23.8 Å². The average molecular weight is 320 g/mol. The van der Waals surface area contributed by atoms with E-state index in [1.807, 2.05) is 0 Å². The van der Waals surface area contributed by atoms with Crippen LogP contribution in [0.1, 0.15) is 36.5 Å². The molecule has 0 fully saturated rings. The van der Waals surface area contributed by atoms with E-state index in [0.717, 1.165) is 25.0 Å². The number of carbonyl (C=O) groups is 2. The number of rotatable bonds is 10. The van der Waals surface area contributed by atoms with Crippen molar-refractivity contribution in [2.45, 2.75) is 26.2 Å². The molecule has 0 aliphatic rings. The summed E-state index contributed by atoms with van der Waals surface area (Å²) >= 11 is 0. The van der Waals surface area contributed by atoms with Crippen LogP contribution in [0.25, 0.3) is 0 Å². The van der Waals surface area contributed by atoms with E-state index in [2.05, 4.69) is 18.2 Å². The maximum Gasteiger partial charge on any atom is 0.337 e. The third-order valence-corrected chi connectivity index (χ3v) is 3.41. The SMILES string of the molecule is C=CC(=O)OCCCC(C)CCOc1ccc(C(=O)OC)cc1. The van der Waals surface area contributed by atoms with Crippen molar-refractivity contribution in [2.75, 3.05) is 20.3 Å². The Kier molecular flexibility index (Phi) is 8.50. The molecule has 0 aliphatic carbocycles. The number of methoxy groups -OCH3 is 1. The van der Waals surface area contributed by atoms with Crippen LogP contribution < -0.4 is 4.74 Å². The molecule has 23 heavy (non-hydrogen) atoms. The molecule has 0 aliphatic heterocycles. The van der Waals surface area contributed by atoms with Gasteiger partial charge in [0.2, 0.25) is 0 Å². The second kappa shape index (κ2) is 10.4. The molecule has 0 spiro atoms. The number of ether oxygens (including phenoxy) is 3. The molecule has 1 atom stereocenters. The fourth-order valence-electron chi connectivity index (χ4n) is 1.99. The van der Waals surface area contributed by atoms with Gasteiger partial charge in [0.25, 0.3) is 0 Å². The van der Waals surface area contributed by atoms with E-state index in [1.165, 1.54) is 13.2 Å². The van der Waals surface area contributed by atoms with E-state index < -0.39 is 0 Å². The summed E-state index contributed by atoms with van der Waals surface area (Å²) in [6, 6.07) is 6.87. The fraction of sp³-hybridized carbons (Fsp3) is 0.444. The van der Waals surface area contributed by atoms with Crippen LogP contribution in [0.5, 0.6) is 5.75 Å². The Balaban J connectivity index is 2.19. The minimum atomic E-state index is -0.378. The first-order valence-corrected chi connectivity index (χ1v) is 7.67. The predicted molar refractivity (Wildman–Crippen MR) is 87.4 cm³/mol. The largest absolute Gasteiger partial charge is 0.494 e. The molecule has 0 N–H and O–H groups in total. The zero-order chi connectivity index (χ0) is 17.1. The van der Waals surface area contributed by atoms with Crippen molar-refractivity contribution >= 4 is 11.9 Å². The topological polar surface area (TPSA) is 61.8 Å². The lowest BCUT2D eigenvalue weighted by Crippen LogP contribution is -2.07. The van der Waals surface area contributed by atoms with Gasteiger partial charge in [0, 0.05) is 6.08 Å². The van der Waals surface area contributed by atoms with Crippen LogP contribution in [-0.2, 0) is 14.3 Å². The highest BCUT2D eigenvalue weighted by molar-refractivity contribution is 5.89.